The standard InChI is InChI=1S/C17H32N2O3/c1-6-13(5)14(17(21)22)18-16(20)15(11(2)3)19-9-7-12(4)8-10-19/h11-15H,6-10H2,1-5H3,(H,18,20)(H,21,22). The van der Waals surface area contributed by atoms with E-state index in [0.29, 0.717) is 5.92 Å². The van der Waals surface area contributed by atoms with Crippen LogP contribution in [0.3, 0.4) is 0 Å². The second kappa shape index (κ2) is 8.51. The summed E-state index contributed by atoms with van der Waals surface area (Å²) in [4.78, 5) is 26.3. The Bertz CT molecular complexity index is 376. The van der Waals surface area contributed by atoms with Crippen LogP contribution in [0, 0.1) is 17.8 Å². The molecule has 5 nitrogen and oxygen atoms in total. The number of amides is 1. The Balaban J connectivity index is 2.78. The van der Waals surface area contributed by atoms with E-state index < -0.39 is 12.0 Å². The maximum absolute atomic E-state index is 12.7. The van der Waals surface area contributed by atoms with Gasteiger partial charge in [0.2, 0.25) is 5.91 Å². The van der Waals surface area contributed by atoms with Gasteiger partial charge in [0.1, 0.15) is 6.04 Å². The highest BCUT2D eigenvalue weighted by Crippen LogP contribution is 2.22. The molecular formula is C17H32N2O3. The Morgan fingerprint density at radius 3 is 2.18 bits per heavy atom. The van der Waals surface area contributed by atoms with Gasteiger partial charge in [-0.1, -0.05) is 41.0 Å². The second-order valence-electron chi connectivity index (χ2n) is 7.12. The number of hydrogen-bond acceptors (Lipinski definition) is 3. The summed E-state index contributed by atoms with van der Waals surface area (Å²) in [5.41, 5.74) is 0. The minimum atomic E-state index is -0.947. The molecule has 0 saturated carbocycles. The SMILES string of the molecule is CCC(C)C(NC(=O)C(C(C)C)N1CCC(C)CC1)C(=O)O. The molecule has 2 N–H and O–H groups in total. The van der Waals surface area contributed by atoms with Gasteiger partial charge in [-0.05, 0) is 43.7 Å². The Hall–Kier alpha value is -1.10. The van der Waals surface area contributed by atoms with Gasteiger partial charge in [-0.25, -0.2) is 4.79 Å². The molecular weight excluding hydrogens is 280 g/mol. The quantitative estimate of drug-likeness (QED) is 0.757. The van der Waals surface area contributed by atoms with Crippen LogP contribution in [0.5, 0.6) is 0 Å². The van der Waals surface area contributed by atoms with Crippen LogP contribution in [0.2, 0.25) is 0 Å². The molecule has 0 bridgehead atoms. The van der Waals surface area contributed by atoms with Gasteiger partial charge in [0.25, 0.3) is 0 Å². The van der Waals surface area contributed by atoms with Crippen LogP contribution in [0.1, 0.15) is 53.9 Å². The molecule has 0 aromatic carbocycles. The minimum absolute atomic E-state index is 0.0735. The summed E-state index contributed by atoms with van der Waals surface area (Å²) < 4.78 is 0. The lowest BCUT2D eigenvalue weighted by Crippen LogP contribution is -2.56. The molecule has 5 heteroatoms. The molecule has 128 valence electrons. The summed E-state index contributed by atoms with van der Waals surface area (Å²) in [7, 11) is 0. The fourth-order valence-electron chi connectivity index (χ4n) is 3.12. The van der Waals surface area contributed by atoms with Crippen LogP contribution in [0.15, 0.2) is 0 Å². The van der Waals surface area contributed by atoms with Crippen LogP contribution in [-0.2, 0) is 9.59 Å². The van der Waals surface area contributed by atoms with E-state index in [4.69, 9.17) is 0 Å². The van der Waals surface area contributed by atoms with Gasteiger partial charge in [0, 0.05) is 0 Å². The highest BCUT2D eigenvalue weighted by atomic mass is 16.4. The molecule has 1 fully saturated rings. The number of nitrogens with one attached hydrogen (secondary N) is 1. The lowest BCUT2D eigenvalue weighted by atomic mass is 9.93. The zero-order valence-corrected chi connectivity index (χ0v) is 14.6. The molecule has 0 aliphatic carbocycles. The van der Waals surface area contributed by atoms with Crippen LogP contribution < -0.4 is 5.32 Å². The summed E-state index contributed by atoms with van der Waals surface area (Å²) in [6, 6.07) is -1.04. The first-order valence-electron chi connectivity index (χ1n) is 8.55. The minimum Gasteiger partial charge on any atom is -0.480 e. The molecule has 1 saturated heterocycles. The molecule has 3 atom stereocenters. The van der Waals surface area contributed by atoms with Gasteiger partial charge in [0.15, 0.2) is 0 Å². The predicted octanol–water partition coefficient (Wildman–Crippen LogP) is 2.36. The van der Waals surface area contributed by atoms with E-state index in [9.17, 15) is 14.7 Å². The maximum Gasteiger partial charge on any atom is 0.326 e. The fourth-order valence-corrected chi connectivity index (χ4v) is 3.12. The molecule has 0 aromatic heterocycles. The highest BCUT2D eigenvalue weighted by Gasteiger charge is 2.34. The summed E-state index contributed by atoms with van der Waals surface area (Å²) in [5, 5.41) is 12.1. The number of piperidine rings is 1. The van der Waals surface area contributed by atoms with E-state index >= 15 is 0 Å². The third-order valence-electron chi connectivity index (χ3n) is 4.89. The van der Waals surface area contributed by atoms with Gasteiger partial charge in [-0.15, -0.1) is 0 Å². The number of nitrogens with zero attached hydrogens (tertiary/aromatic N) is 1. The molecule has 0 spiro atoms. The van der Waals surface area contributed by atoms with Crippen LogP contribution in [0.25, 0.3) is 0 Å². The van der Waals surface area contributed by atoms with Crippen LogP contribution in [0.4, 0.5) is 0 Å². The Labute approximate surface area is 134 Å². The first-order chi connectivity index (χ1) is 10.3. The van der Waals surface area contributed by atoms with E-state index in [1.165, 1.54) is 0 Å². The van der Waals surface area contributed by atoms with E-state index in [2.05, 4.69) is 17.1 Å². The summed E-state index contributed by atoms with van der Waals surface area (Å²) in [5.74, 6) is -0.288. The number of rotatable bonds is 7. The molecule has 1 aliphatic rings. The smallest absolute Gasteiger partial charge is 0.326 e. The summed E-state index contributed by atoms with van der Waals surface area (Å²) in [6.45, 7) is 11.9. The molecule has 1 rings (SSSR count). The Morgan fingerprint density at radius 1 is 1.23 bits per heavy atom. The highest BCUT2D eigenvalue weighted by molar-refractivity contribution is 5.87. The number of aliphatic carboxylic acids is 1. The van der Waals surface area contributed by atoms with Gasteiger partial charge < -0.3 is 10.4 Å². The molecule has 22 heavy (non-hydrogen) atoms. The van der Waals surface area contributed by atoms with Crippen molar-refractivity contribution < 1.29 is 14.7 Å². The normalized spacial score (nSPS) is 21.4. The van der Waals surface area contributed by atoms with Gasteiger partial charge in [0.05, 0.1) is 6.04 Å². The third-order valence-corrected chi connectivity index (χ3v) is 4.89. The number of carbonyl (C=O) groups excluding carboxylic acids is 1. The van der Waals surface area contributed by atoms with Crippen molar-refractivity contribution in [3.63, 3.8) is 0 Å². The second-order valence-corrected chi connectivity index (χ2v) is 7.12. The molecule has 1 heterocycles. The Kier molecular flexibility index (Phi) is 7.33. The zero-order valence-electron chi connectivity index (χ0n) is 14.6. The average Bonchev–Trinajstić information content (AvgIpc) is 2.45. The van der Waals surface area contributed by atoms with Gasteiger partial charge in [-0.2, -0.15) is 0 Å². The summed E-state index contributed by atoms with van der Waals surface area (Å²) >= 11 is 0. The third kappa shape index (κ3) is 4.97. The van der Waals surface area contributed by atoms with Crippen molar-refractivity contribution in [1.29, 1.82) is 0 Å². The van der Waals surface area contributed by atoms with E-state index in [1.807, 2.05) is 27.7 Å². The zero-order chi connectivity index (χ0) is 16.9. The fraction of sp³-hybridized carbons (Fsp3) is 0.882. The van der Waals surface area contributed by atoms with E-state index in [-0.39, 0.29) is 23.8 Å². The van der Waals surface area contributed by atoms with Crippen molar-refractivity contribution in [2.45, 2.75) is 66.0 Å². The first kappa shape index (κ1) is 18.9. The largest absolute Gasteiger partial charge is 0.480 e. The van der Waals surface area contributed by atoms with Crippen molar-refractivity contribution in [3.05, 3.63) is 0 Å². The van der Waals surface area contributed by atoms with Crippen molar-refractivity contribution >= 4 is 11.9 Å². The van der Waals surface area contributed by atoms with Gasteiger partial charge >= 0.3 is 5.97 Å². The molecule has 0 aromatic rings. The van der Waals surface area contributed by atoms with Crippen molar-refractivity contribution in [2.24, 2.45) is 17.8 Å². The van der Waals surface area contributed by atoms with Crippen LogP contribution >= 0.6 is 0 Å². The molecule has 0 radical (unpaired) electrons. The molecule has 1 aliphatic heterocycles. The first-order valence-corrected chi connectivity index (χ1v) is 8.55. The van der Waals surface area contributed by atoms with Gasteiger partial charge in [-0.3, -0.25) is 9.69 Å². The van der Waals surface area contributed by atoms with Crippen molar-refractivity contribution in [2.75, 3.05) is 13.1 Å². The predicted molar refractivity (Wildman–Crippen MR) is 87.6 cm³/mol. The average molecular weight is 312 g/mol. The molecule has 1 amide bonds. The van der Waals surface area contributed by atoms with E-state index in [1.54, 1.807) is 0 Å². The van der Waals surface area contributed by atoms with E-state index in [0.717, 1.165) is 32.4 Å². The monoisotopic (exact) mass is 312 g/mol. The number of likely N-dealkylation sites (tertiary alicyclic amines) is 1. The summed E-state index contributed by atoms with van der Waals surface area (Å²) in [6.07, 6.45) is 2.93. The number of carboxylic acid groups (broad SMARTS) is 1. The molecule has 3 unspecified atom stereocenters. The lowest BCUT2D eigenvalue weighted by Gasteiger charge is -2.38. The lowest BCUT2D eigenvalue weighted by molar-refractivity contribution is -0.144. The number of carboxylic acids is 1. The topological polar surface area (TPSA) is 69.6 Å². The number of hydrogen-bond donors (Lipinski definition) is 2. The maximum atomic E-state index is 12.7. The Morgan fingerprint density at radius 2 is 1.77 bits per heavy atom. The van der Waals surface area contributed by atoms with Crippen molar-refractivity contribution in [3.8, 4) is 0 Å². The number of carbonyl (C=O) groups is 2. The van der Waals surface area contributed by atoms with Crippen LogP contribution in [-0.4, -0.2) is 47.1 Å². The van der Waals surface area contributed by atoms with Crippen molar-refractivity contribution in [1.82, 2.24) is 10.2 Å².